The molecule has 0 spiro atoms. The summed E-state index contributed by atoms with van der Waals surface area (Å²) < 4.78 is 33.0. The Labute approximate surface area is 164 Å². The van der Waals surface area contributed by atoms with E-state index in [-0.39, 0.29) is 5.92 Å². The number of nitrogens with one attached hydrogen (secondary N) is 2. The molecule has 3 aromatic rings. The number of nitrogens with zero attached hydrogens (tertiary/aromatic N) is 4. The minimum Gasteiger partial charge on any atom is -0.481 e. The van der Waals surface area contributed by atoms with Crippen LogP contribution in [-0.2, 0) is 4.79 Å². The topological polar surface area (TPSA) is 107 Å². The first-order valence-corrected chi connectivity index (χ1v) is 9.06. The van der Waals surface area contributed by atoms with Gasteiger partial charge in [0.05, 0.1) is 35.9 Å². The molecule has 4 heterocycles. The number of alkyl halides is 3. The zero-order chi connectivity index (χ0) is 21.0. The Hall–Kier alpha value is -2.95. The number of halogens is 3. The van der Waals surface area contributed by atoms with Gasteiger partial charge in [0.1, 0.15) is 5.82 Å². The van der Waals surface area contributed by atoms with Crippen molar-refractivity contribution >= 4 is 33.7 Å². The van der Waals surface area contributed by atoms with Crippen LogP contribution < -0.4 is 10.2 Å². The van der Waals surface area contributed by atoms with E-state index < -0.39 is 18.7 Å². The smallest absolute Gasteiger partial charge is 0.401 e. The summed E-state index contributed by atoms with van der Waals surface area (Å²) in [7, 11) is 1.26. The van der Waals surface area contributed by atoms with E-state index in [9.17, 15) is 18.0 Å². The predicted molar refractivity (Wildman–Crippen MR) is 102 cm³/mol. The number of carboxylic acids is 1. The van der Waals surface area contributed by atoms with Gasteiger partial charge in [0, 0.05) is 24.7 Å². The van der Waals surface area contributed by atoms with Crippen molar-refractivity contribution in [2.24, 2.45) is 5.92 Å². The number of H-pyrrole nitrogens is 1. The second-order valence-electron chi connectivity index (χ2n) is 6.70. The summed E-state index contributed by atoms with van der Waals surface area (Å²) in [5.41, 5.74) is 1.61. The maximum Gasteiger partial charge on any atom is 0.401 e. The molecular formula is C18H21F3N6O2. The molecule has 1 fully saturated rings. The third-order valence-electron chi connectivity index (χ3n) is 4.68. The van der Waals surface area contributed by atoms with Crippen molar-refractivity contribution in [3.8, 4) is 0 Å². The zero-order valence-electron chi connectivity index (χ0n) is 15.7. The number of hydrogen-bond acceptors (Lipinski definition) is 6. The molecule has 3 aromatic heterocycles. The van der Waals surface area contributed by atoms with Crippen molar-refractivity contribution in [3.05, 3.63) is 24.8 Å². The highest BCUT2D eigenvalue weighted by atomic mass is 19.4. The lowest BCUT2D eigenvalue weighted by Crippen LogP contribution is -2.36. The number of anilines is 1. The maximum absolute atomic E-state index is 11.1. The highest BCUT2D eigenvalue weighted by Gasteiger charge is 2.26. The monoisotopic (exact) mass is 410 g/mol. The molecule has 0 aromatic carbocycles. The summed E-state index contributed by atoms with van der Waals surface area (Å²) in [5.74, 6) is -0.0799. The number of fused-ring (bicyclic) bond motifs is 3. The minimum atomic E-state index is -4.06. The summed E-state index contributed by atoms with van der Waals surface area (Å²) in [6, 6.07) is 1.94. The third-order valence-corrected chi connectivity index (χ3v) is 4.68. The summed E-state index contributed by atoms with van der Waals surface area (Å²) >= 11 is 0. The average molecular weight is 410 g/mol. The van der Waals surface area contributed by atoms with Crippen LogP contribution in [0.4, 0.5) is 19.0 Å². The first-order chi connectivity index (χ1) is 13.8. The summed E-state index contributed by atoms with van der Waals surface area (Å²) in [6.45, 7) is 0.481. The van der Waals surface area contributed by atoms with Crippen molar-refractivity contribution in [1.29, 1.82) is 0 Å². The van der Waals surface area contributed by atoms with Crippen molar-refractivity contribution < 1.29 is 23.1 Å². The number of piperidine rings is 1. The summed E-state index contributed by atoms with van der Waals surface area (Å²) in [5, 5.41) is 13.1. The maximum atomic E-state index is 11.1. The molecule has 0 atom stereocenters. The molecule has 8 nitrogen and oxygen atoms in total. The van der Waals surface area contributed by atoms with Crippen LogP contribution in [0.25, 0.3) is 21.9 Å². The quantitative estimate of drug-likeness (QED) is 0.609. The van der Waals surface area contributed by atoms with E-state index in [2.05, 4.69) is 24.8 Å². The van der Waals surface area contributed by atoms with Gasteiger partial charge in [0.15, 0.2) is 5.65 Å². The Morgan fingerprint density at radius 1 is 1.31 bits per heavy atom. The molecule has 156 valence electrons. The SMILES string of the molecule is CNCC(F)(F)F.O=C(O)C1CCN(c2nc[nH]c3cnc4nccc4c23)CC1. The fourth-order valence-corrected chi connectivity index (χ4v) is 3.32. The van der Waals surface area contributed by atoms with Gasteiger partial charge in [-0.25, -0.2) is 15.0 Å². The van der Waals surface area contributed by atoms with Gasteiger partial charge in [-0.2, -0.15) is 13.2 Å². The number of carbonyl (C=O) groups is 1. The van der Waals surface area contributed by atoms with E-state index in [4.69, 9.17) is 5.11 Å². The molecule has 11 heteroatoms. The van der Waals surface area contributed by atoms with Crippen LogP contribution in [0.2, 0.25) is 0 Å². The number of aromatic amines is 1. The molecule has 0 bridgehead atoms. The molecule has 1 aliphatic heterocycles. The van der Waals surface area contributed by atoms with E-state index in [0.29, 0.717) is 31.6 Å². The highest BCUT2D eigenvalue weighted by Crippen LogP contribution is 2.31. The first kappa shape index (κ1) is 20.8. The van der Waals surface area contributed by atoms with E-state index in [1.807, 2.05) is 11.4 Å². The zero-order valence-corrected chi connectivity index (χ0v) is 15.7. The Balaban J connectivity index is 0.000000298. The molecule has 1 saturated heterocycles. The Kier molecular flexibility index (Phi) is 6.16. The van der Waals surface area contributed by atoms with Gasteiger partial charge < -0.3 is 20.3 Å². The number of rotatable bonds is 3. The Bertz CT molecular complexity index is 983. The lowest BCUT2D eigenvalue weighted by atomic mass is 9.97. The Morgan fingerprint density at radius 3 is 2.62 bits per heavy atom. The van der Waals surface area contributed by atoms with Gasteiger partial charge in [0.2, 0.25) is 0 Å². The van der Waals surface area contributed by atoms with Crippen LogP contribution in [0, 0.1) is 5.92 Å². The fourth-order valence-electron chi connectivity index (χ4n) is 3.32. The summed E-state index contributed by atoms with van der Waals surface area (Å²) in [6.07, 6.45) is 2.39. The van der Waals surface area contributed by atoms with E-state index in [0.717, 1.165) is 22.1 Å². The van der Waals surface area contributed by atoms with E-state index >= 15 is 0 Å². The number of hydrogen-bond donors (Lipinski definition) is 3. The predicted octanol–water partition coefficient (Wildman–Crippen LogP) is 2.58. The molecule has 4 rings (SSSR count). The van der Waals surface area contributed by atoms with Crippen molar-refractivity contribution in [2.75, 3.05) is 31.6 Å². The third kappa shape index (κ3) is 4.91. The number of aromatic nitrogens is 4. The van der Waals surface area contributed by atoms with Gasteiger partial charge in [-0.15, -0.1) is 0 Å². The second-order valence-corrected chi connectivity index (χ2v) is 6.70. The standard InChI is InChI=1S/C15H15N5O2.C3H6F3N/c21-15(22)9-2-5-20(6-3-9)14-12-10-1-4-16-13(10)17-7-11(12)18-8-19-14;1-7-2-3(4,5)6/h1,4,7-9H,2-3,5-6H2,(H,18,19)(H,21,22);7H,2H2,1H3. The van der Waals surface area contributed by atoms with Gasteiger partial charge in [-0.1, -0.05) is 0 Å². The van der Waals surface area contributed by atoms with Crippen molar-refractivity contribution in [3.63, 3.8) is 0 Å². The van der Waals surface area contributed by atoms with Crippen LogP contribution in [0.15, 0.2) is 24.8 Å². The first-order valence-electron chi connectivity index (χ1n) is 9.06. The van der Waals surface area contributed by atoms with Gasteiger partial charge >= 0.3 is 12.1 Å². The van der Waals surface area contributed by atoms with Crippen LogP contribution in [0.1, 0.15) is 12.8 Å². The lowest BCUT2D eigenvalue weighted by molar-refractivity contribution is -0.142. The molecular weight excluding hydrogens is 389 g/mol. The largest absolute Gasteiger partial charge is 0.481 e. The van der Waals surface area contributed by atoms with Gasteiger partial charge in [-0.3, -0.25) is 4.79 Å². The normalized spacial score (nSPS) is 15.4. The molecule has 0 unspecified atom stereocenters. The van der Waals surface area contributed by atoms with Crippen molar-refractivity contribution in [2.45, 2.75) is 19.0 Å². The number of aliphatic carboxylic acids is 1. The molecule has 0 radical (unpaired) electrons. The molecule has 1 aliphatic rings. The van der Waals surface area contributed by atoms with Crippen LogP contribution in [0.3, 0.4) is 0 Å². The van der Waals surface area contributed by atoms with Crippen LogP contribution in [-0.4, -0.2) is 63.9 Å². The minimum absolute atomic E-state index is 0.250. The van der Waals surface area contributed by atoms with Gasteiger partial charge in [0.25, 0.3) is 0 Å². The second kappa shape index (κ2) is 8.60. The molecule has 0 aliphatic carbocycles. The van der Waals surface area contributed by atoms with Crippen molar-refractivity contribution in [1.82, 2.24) is 25.3 Å². The number of carboxylic acid groups (broad SMARTS) is 1. The average Bonchev–Trinajstić information content (AvgIpc) is 3.16. The van der Waals surface area contributed by atoms with E-state index in [1.165, 1.54) is 7.05 Å². The van der Waals surface area contributed by atoms with Crippen LogP contribution in [0.5, 0.6) is 0 Å². The molecule has 29 heavy (non-hydrogen) atoms. The fraction of sp³-hybridized carbons (Fsp3) is 0.444. The van der Waals surface area contributed by atoms with E-state index in [1.54, 1.807) is 18.7 Å². The Morgan fingerprint density at radius 2 is 2.03 bits per heavy atom. The van der Waals surface area contributed by atoms with Crippen LogP contribution >= 0.6 is 0 Å². The molecule has 0 amide bonds. The van der Waals surface area contributed by atoms with Gasteiger partial charge in [-0.05, 0) is 26.0 Å². The lowest BCUT2D eigenvalue weighted by Gasteiger charge is -2.31. The molecule has 0 saturated carbocycles. The highest BCUT2D eigenvalue weighted by molar-refractivity contribution is 6.08. The molecule has 3 N–H and O–H groups in total. The number of pyridine rings is 1. The summed E-state index contributed by atoms with van der Waals surface area (Å²) in [4.78, 5) is 29.4.